The Morgan fingerprint density at radius 3 is 2.59 bits per heavy atom. The molecule has 0 atom stereocenters. The smallest absolute Gasteiger partial charge is 0.191 e. The monoisotopic (exact) mass is 441 g/mol. The molecule has 0 saturated heterocycles. The Morgan fingerprint density at radius 1 is 1.18 bits per heavy atom. The van der Waals surface area contributed by atoms with Gasteiger partial charge in [-0.15, -0.1) is 24.0 Å². The quantitative estimate of drug-likeness (QED) is 0.268. The number of halogens is 2. The molecule has 1 rings (SSSR count). The Morgan fingerprint density at radius 2 is 1.91 bits per heavy atom. The summed E-state index contributed by atoms with van der Waals surface area (Å²) in [5.41, 5.74) is 0. The lowest BCUT2D eigenvalue weighted by molar-refractivity contribution is 0.145. The highest BCUT2D eigenvalue weighted by Gasteiger charge is 2.00. The predicted molar refractivity (Wildman–Crippen MR) is 103 cm³/mol. The van der Waals surface area contributed by atoms with Crippen LogP contribution in [-0.2, 0) is 4.74 Å². The maximum Gasteiger partial charge on any atom is 0.191 e. The van der Waals surface area contributed by atoms with Crippen molar-refractivity contribution in [3.8, 4) is 5.75 Å². The van der Waals surface area contributed by atoms with Crippen molar-refractivity contribution >= 4 is 41.5 Å². The maximum atomic E-state index is 6.01. The van der Waals surface area contributed by atoms with Crippen molar-refractivity contribution in [2.24, 2.45) is 4.99 Å². The van der Waals surface area contributed by atoms with Crippen LogP contribution in [0, 0.1) is 0 Å². The van der Waals surface area contributed by atoms with Crippen LogP contribution in [0.4, 0.5) is 0 Å². The first-order valence-electron chi connectivity index (χ1n) is 7.17. The first-order valence-corrected chi connectivity index (χ1v) is 7.55. The molecule has 0 amide bonds. The first kappa shape index (κ1) is 21.3. The molecule has 126 valence electrons. The Bertz CT molecular complexity index is 433. The third-order valence-electron chi connectivity index (χ3n) is 2.67. The minimum Gasteiger partial charge on any atom is -0.490 e. The Labute approximate surface area is 154 Å². The molecule has 0 saturated carbocycles. The third kappa shape index (κ3) is 9.32. The normalized spacial score (nSPS) is 10.8. The van der Waals surface area contributed by atoms with E-state index < -0.39 is 0 Å². The van der Waals surface area contributed by atoms with Crippen molar-refractivity contribution in [1.82, 2.24) is 10.6 Å². The third-order valence-corrected chi connectivity index (χ3v) is 2.99. The van der Waals surface area contributed by atoms with E-state index in [9.17, 15) is 0 Å². The number of hydrogen-bond acceptors (Lipinski definition) is 3. The average Bonchev–Trinajstić information content (AvgIpc) is 2.50. The van der Waals surface area contributed by atoms with Gasteiger partial charge in [-0.05, 0) is 25.5 Å². The topological polar surface area (TPSA) is 54.9 Å². The van der Waals surface area contributed by atoms with Gasteiger partial charge < -0.3 is 20.1 Å². The van der Waals surface area contributed by atoms with Crippen LogP contribution in [0.5, 0.6) is 5.75 Å². The van der Waals surface area contributed by atoms with Crippen LogP contribution < -0.4 is 15.4 Å². The minimum atomic E-state index is 0. The zero-order valence-electron chi connectivity index (χ0n) is 13.1. The number of para-hydroxylation sites is 1. The molecule has 0 aliphatic carbocycles. The van der Waals surface area contributed by atoms with Crippen molar-refractivity contribution in [2.75, 3.05) is 40.0 Å². The molecular weight excluding hydrogens is 417 g/mol. The van der Waals surface area contributed by atoms with Gasteiger partial charge in [0, 0.05) is 26.8 Å². The molecule has 0 heterocycles. The van der Waals surface area contributed by atoms with Crippen LogP contribution >= 0.6 is 35.6 Å². The molecule has 1 aromatic carbocycles. The second-order valence-corrected chi connectivity index (χ2v) is 4.66. The fraction of sp³-hybridized carbons (Fsp3) is 0.533. The van der Waals surface area contributed by atoms with E-state index in [2.05, 4.69) is 15.6 Å². The van der Waals surface area contributed by atoms with E-state index in [0.29, 0.717) is 23.9 Å². The molecule has 1 aromatic rings. The van der Waals surface area contributed by atoms with E-state index in [-0.39, 0.29) is 24.0 Å². The molecule has 0 radical (unpaired) electrons. The lowest BCUT2D eigenvalue weighted by atomic mass is 10.3. The number of ether oxygens (including phenoxy) is 2. The highest BCUT2D eigenvalue weighted by atomic mass is 127. The van der Waals surface area contributed by atoms with Crippen molar-refractivity contribution in [1.29, 1.82) is 0 Å². The lowest BCUT2D eigenvalue weighted by Crippen LogP contribution is -2.39. The van der Waals surface area contributed by atoms with Gasteiger partial charge in [0.2, 0.25) is 0 Å². The fourth-order valence-corrected chi connectivity index (χ4v) is 1.83. The summed E-state index contributed by atoms with van der Waals surface area (Å²) in [5.74, 6) is 1.45. The van der Waals surface area contributed by atoms with E-state index in [1.54, 1.807) is 7.05 Å². The minimum absolute atomic E-state index is 0. The lowest BCUT2D eigenvalue weighted by Gasteiger charge is -2.13. The van der Waals surface area contributed by atoms with Gasteiger partial charge in [-0.1, -0.05) is 23.7 Å². The van der Waals surface area contributed by atoms with Crippen LogP contribution in [-0.4, -0.2) is 45.9 Å². The molecule has 0 aliphatic rings. The SMILES string of the molecule is CCOCCCNC(=NC)NCCOc1ccccc1Cl.I. The van der Waals surface area contributed by atoms with Gasteiger partial charge in [-0.3, -0.25) is 4.99 Å². The molecule has 2 N–H and O–H groups in total. The van der Waals surface area contributed by atoms with Gasteiger partial charge in [0.1, 0.15) is 12.4 Å². The van der Waals surface area contributed by atoms with Crippen molar-refractivity contribution in [2.45, 2.75) is 13.3 Å². The molecule has 22 heavy (non-hydrogen) atoms. The van der Waals surface area contributed by atoms with E-state index >= 15 is 0 Å². The van der Waals surface area contributed by atoms with Crippen LogP contribution in [0.25, 0.3) is 0 Å². The van der Waals surface area contributed by atoms with Gasteiger partial charge in [0.05, 0.1) is 11.6 Å². The summed E-state index contributed by atoms with van der Waals surface area (Å²) in [6.07, 6.45) is 0.949. The first-order chi connectivity index (χ1) is 10.3. The molecule has 0 bridgehead atoms. The number of rotatable bonds is 9. The summed E-state index contributed by atoms with van der Waals surface area (Å²) in [5, 5.41) is 7.02. The summed E-state index contributed by atoms with van der Waals surface area (Å²) < 4.78 is 10.9. The summed E-state index contributed by atoms with van der Waals surface area (Å²) in [7, 11) is 1.74. The zero-order chi connectivity index (χ0) is 15.3. The summed E-state index contributed by atoms with van der Waals surface area (Å²) in [6.45, 7) is 5.50. The van der Waals surface area contributed by atoms with Crippen molar-refractivity contribution < 1.29 is 9.47 Å². The van der Waals surface area contributed by atoms with Gasteiger partial charge in [0.25, 0.3) is 0 Å². The Balaban J connectivity index is 0.00000441. The summed E-state index contributed by atoms with van der Waals surface area (Å²) >= 11 is 6.01. The number of benzene rings is 1. The predicted octanol–water partition coefficient (Wildman–Crippen LogP) is 2.93. The van der Waals surface area contributed by atoms with E-state index in [4.69, 9.17) is 21.1 Å². The Kier molecular flexibility index (Phi) is 13.4. The molecule has 0 aromatic heterocycles. The second-order valence-electron chi connectivity index (χ2n) is 4.26. The van der Waals surface area contributed by atoms with Crippen LogP contribution in [0.3, 0.4) is 0 Å². The number of nitrogens with zero attached hydrogens (tertiary/aromatic N) is 1. The molecular formula is C15H25ClIN3O2. The van der Waals surface area contributed by atoms with E-state index in [0.717, 1.165) is 32.1 Å². The number of nitrogens with one attached hydrogen (secondary N) is 2. The summed E-state index contributed by atoms with van der Waals surface area (Å²) in [4.78, 5) is 4.14. The van der Waals surface area contributed by atoms with Gasteiger partial charge in [-0.25, -0.2) is 0 Å². The molecule has 7 heteroatoms. The highest BCUT2D eigenvalue weighted by Crippen LogP contribution is 2.22. The highest BCUT2D eigenvalue weighted by molar-refractivity contribution is 14.0. The van der Waals surface area contributed by atoms with Crippen LogP contribution in [0.1, 0.15) is 13.3 Å². The molecule has 0 spiro atoms. The van der Waals surface area contributed by atoms with Gasteiger partial charge >= 0.3 is 0 Å². The Hall–Kier alpha value is -0.730. The zero-order valence-corrected chi connectivity index (χ0v) is 16.2. The van der Waals surface area contributed by atoms with Crippen LogP contribution in [0.2, 0.25) is 5.02 Å². The molecule has 0 aliphatic heterocycles. The molecule has 5 nitrogen and oxygen atoms in total. The maximum absolute atomic E-state index is 6.01. The average molecular weight is 442 g/mol. The number of hydrogen-bond donors (Lipinski definition) is 2. The number of aliphatic imine (C=N–C) groups is 1. The largest absolute Gasteiger partial charge is 0.490 e. The van der Waals surface area contributed by atoms with E-state index in [1.165, 1.54) is 0 Å². The van der Waals surface area contributed by atoms with Gasteiger partial charge in [0.15, 0.2) is 5.96 Å². The second kappa shape index (κ2) is 13.9. The molecule has 0 unspecified atom stereocenters. The standard InChI is InChI=1S/C15H24ClN3O2.HI/c1-3-20-11-6-9-18-15(17-2)19-10-12-21-14-8-5-4-7-13(14)16;/h4-5,7-8H,3,6,9-12H2,1-2H3,(H2,17,18,19);1H. The van der Waals surface area contributed by atoms with Gasteiger partial charge in [-0.2, -0.15) is 0 Å². The van der Waals surface area contributed by atoms with E-state index in [1.807, 2.05) is 31.2 Å². The summed E-state index contributed by atoms with van der Waals surface area (Å²) in [6, 6.07) is 7.43. The van der Waals surface area contributed by atoms with Crippen molar-refractivity contribution in [3.05, 3.63) is 29.3 Å². The van der Waals surface area contributed by atoms with Crippen molar-refractivity contribution in [3.63, 3.8) is 0 Å². The van der Waals surface area contributed by atoms with Crippen LogP contribution in [0.15, 0.2) is 29.3 Å². The molecule has 0 fully saturated rings. The number of guanidine groups is 1. The fourth-order valence-electron chi connectivity index (χ4n) is 1.64.